The third-order valence-corrected chi connectivity index (χ3v) is 5.62. The summed E-state index contributed by atoms with van der Waals surface area (Å²) in [6, 6.07) is 5.74. The van der Waals surface area contributed by atoms with Crippen LogP contribution in [0.3, 0.4) is 0 Å². The smallest absolute Gasteiger partial charge is 0.356 e. The predicted molar refractivity (Wildman–Crippen MR) is 113 cm³/mol. The zero-order valence-electron chi connectivity index (χ0n) is 16.3. The lowest BCUT2D eigenvalue weighted by molar-refractivity contribution is -0.137. The van der Waals surface area contributed by atoms with E-state index < -0.39 is 11.7 Å². The number of hydrogen-bond acceptors (Lipinski definition) is 3. The predicted octanol–water partition coefficient (Wildman–Crippen LogP) is 3.58. The third kappa shape index (κ3) is 7.96. The average Bonchev–Trinajstić information content (AvgIpc) is 2.63. The Morgan fingerprint density at radius 2 is 1.97 bits per heavy atom. The van der Waals surface area contributed by atoms with Crippen LogP contribution in [0.5, 0.6) is 0 Å². The van der Waals surface area contributed by atoms with Crippen molar-refractivity contribution >= 4 is 30.7 Å². The van der Waals surface area contributed by atoms with Gasteiger partial charge in [-0.25, -0.2) is 0 Å². The van der Waals surface area contributed by atoms with Crippen LogP contribution in [0.15, 0.2) is 24.3 Å². The van der Waals surface area contributed by atoms with E-state index in [1.807, 2.05) is 0 Å². The fourth-order valence-electron chi connectivity index (χ4n) is 4.17. The summed E-state index contributed by atoms with van der Waals surface area (Å²) in [6.45, 7) is 3.56. The summed E-state index contributed by atoms with van der Waals surface area (Å²) < 4.78 is 38.1. The van der Waals surface area contributed by atoms with Crippen molar-refractivity contribution in [2.75, 3.05) is 26.2 Å². The molecule has 2 fully saturated rings. The van der Waals surface area contributed by atoms with E-state index in [4.69, 9.17) is 0 Å². The summed E-state index contributed by atoms with van der Waals surface area (Å²) in [6.07, 6.45) is -0.387. The monoisotopic (exact) mass is 455 g/mol. The normalized spacial score (nSPS) is 23.5. The topological polar surface area (TPSA) is 53.2 Å². The number of halogens is 5. The van der Waals surface area contributed by atoms with E-state index in [2.05, 4.69) is 16.0 Å². The highest BCUT2D eigenvalue weighted by Crippen LogP contribution is 2.29. The van der Waals surface area contributed by atoms with Gasteiger partial charge >= 0.3 is 6.18 Å². The first-order valence-corrected chi connectivity index (χ1v) is 9.79. The Balaban J connectivity index is 0.00000210. The molecule has 0 saturated carbocycles. The molecule has 166 valence electrons. The molecule has 3 N–H and O–H groups in total. The van der Waals surface area contributed by atoms with Gasteiger partial charge in [0.2, 0.25) is 5.91 Å². The molecule has 1 aromatic rings. The van der Waals surface area contributed by atoms with Crippen molar-refractivity contribution in [3.8, 4) is 0 Å². The highest BCUT2D eigenvalue weighted by atomic mass is 35.5. The molecule has 1 aromatic carbocycles. The van der Waals surface area contributed by atoms with Crippen LogP contribution in [0.25, 0.3) is 0 Å². The quantitative estimate of drug-likeness (QED) is 0.588. The summed E-state index contributed by atoms with van der Waals surface area (Å²) in [4.78, 5) is 12.0. The van der Waals surface area contributed by atoms with Gasteiger partial charge in [0, 0.05) is 19.0 Å². The molecule has 0 unspecified atom stereocenters. The van der Waals surface area contributed by atoms with Crippen molar-refractivity contribution in [1.29, 1.82) is 0 Å². The first-order chi connectivity index (χ1) is 12.9. The first kappa shape index (κ1) is 26.0. The zero-order chi connectivity index (χ0) is 19.3. The van der Waals surface area contributed by atoms with Gasteiger partial charge in [-0.1, -0.05) is 18.2 Å². The van der Waals surface area contributed by atoms with Gasteiger partial charge < -0.3 is 16.0 Å². The Kier molecular flexibility index (Phi) is 10.8. The molecule has 2 heterocycles. The van der Waals surface area contributed by atoms with E-state index in [1.165, 1.54) is 12.5 Å². The van der Waals surface area contributed by atoms with E-state index in [1.54, 1.807) is 6.07 Å². The minimum Gasteiger partial charge on any atom is -0.356 e. The van der Waals surface area contributed by atoms with Crippen LogP contribution >= 0.6 is 24.8 Å². The summed E-state index contributed by atoms with van der Waals surface area (Å²) >= 11 is 0. The number of hydrogen-bond donors (Lipinski definition) is 3. The van der Waals surface area contributed by atoms with Crippen molar-refractivity contribution in [2.45, 2.75) is 44.3 Å². The number of piperidine rings is 2. The SMILES string of the molecule is Cl.Cl.O=C(CCC[C@@H]1NC[C@@H]2CNC[C@H]1C2)NCCc1cccc(C(F)(F)F)c1. The average molecular weight is 456 g/mol. The largest absolute Gasteiger partial charge is 0.416 e. The molecule has 0 spiro atoms. The molecule has 2 aliphatic rings. The molecule has 3 rings (SSSR count). The lowest BCUT2D eigenvalue weighted by Crippen LogP contribution is -2.54. The Bertz CT molecular complexity index is 646. The maximum atomic E-state index is 12.7. The number of carbonyl (C=O) groups is 1. The van der Waals surface area contributed by atoms with Crippen molar-refractivity contribution in [2.24, 2.45) is 11.8 Å². The highest BCUT2D eigenvalue weighted by molar-refractivity contribution is 5.85. The van der Waals surface area contributed by atoms with Crippen molar-refractivity contribution < 1.29 is 18.0 Å². The van der Waals surface area contributed by atoms with Crippen molar-refractivity contribution in [3.05, 3.63) is 35.4 Å². The number of benzene rings is 1. The number of carbonyl (C=O) groups excluding carboxylic acids is 1. The van der Waals surface area contributed by atoms with Gasteiger partial charge in [-0.2, -0.15) is 13.2 Å². The summed E-state index contributed by atoms with van der Waals surface area (Å²) in [5.41, 5.74) is -0.0679. The van der Waals surface area contributed by atoms with Crippen LogP contribution in [0.1, 0.15) is 36.8 Å². The fourth-order valence-corrected chi connectivity index (χ4v) is 4.17. The molecule has 2 saturated heterocycles. The second kappa shape index (κ2) is 12.0. The van der Waals surface area contributed by atoms with Crippen molar-refractivity contribution in [1.82, 2.24) is 16.0 Å². The van der Waals surface area contributed by atoms with Gasteiger partial charge in [-0.3, -0.25) is 4.79 Å². The Hall–Kier alpha value is -1.02. The Morgan fingerprint density at radius 1 is 1.17 bits per heavy atom. The van der Waals surface area contributed by atoms with Crippen LogP contribution < -0.4 is 16.0 Å². The fraction of sp³-hybridized carbons (Fsp3) is 0.650. The lowest BCUT2D eigenvalue weighted by Gasteiger charge is -2.41. The maximum absolute atomic E-state index is 12.7. The molecule has 0 radical (unpaired) electrons. The molecular formula is C20H30Cl2F3N3O. The molecule has 2 bridgehead atoms. The van der Waals surface area contributed by atoms with Gasteiger partial charge in [-0.15, -0.1) is 24.8 Å². The van der Waals surface area contributed by atoms with E-state index in [0.717, 1.165) is 50.5 Å². The third-order valence-electron chi connectivity index (χ3n) is 5.62. The standard InChI is InChI=1S/C20H28F3N3O.2ClH/c21-20(22,23)17-4-1-3-14(10-17)7-8-25-19(27)6-2-5-18-16-9-15(12-26-18)11-24-13-16;;/h1,3-4,10,15-16,18,24,26H,2,5-9,11-13H2,(H,25,27);2*1H/t15-,16+,18-;;/m0../s1. The molecule has 0 aromatic heterocycles. The number of rotatable bonds is 7. The van der Waals surface area contributed by atoms with Gasteiger partial charge in [0.05, 0.1) is 5.56 Å². The molecule has 4 nitrogen and oxygen atoms in total. The van der Waals surface area contributed by atoms with E-state index >= 15 is 0 Å². The number of nitrogens with one attached hydrogen (secondary N) is 3. The molecule has 0 aliphatic carbocycles. The molecule has 29 heavy (non-hydrogen) atoms. The lowest BCUT2D eigenvalue weighted by atomic mass is 9.80. The van der Waals surface area contributed by atoms with Gasteiger partial charge in [0.25, 0.3) is 0 Å². The van der Waals surface area contributed by atoms with Crippen LogP contribution in [-0.2, 0) is 17.4 Å². The Labute approximate surface area is 182 Å². The maximum Gasteiger partial charge on any atom is 0.416 e. The summed E-state index contributed by atoms with van der Waals surface area (Å²) in [5.74, 6) is 1.36. The van der Waals surface area contributed by atoms with Crippen LogP contribution in [0.2, 0.25) is 0 Å². The molecule has 3 atom stereocenters. The molecular weight excluding hydrogens is 426 g/mol. The van der Waals surface area contributed by atoms with Crippen LogP contribution in [0, 0.1) is 11.8 Å². The van der Waals surface area contributed by atoms with Gasteiger partial charge in [-0.05, 0) is 68.8 Å². The van der Waals surface area contributed by atoms with Crippen LogP contribution in [0.4, 0.5) is 13.2 Å². The van der Waals surface area contributed by atoms with E-state index in [0.29, 0.717) is 36.9 Å². The Morgan fingerprint density at radius 3 is 2.72 bits per heavy atom. The van der Waals surface area contributed by atoms with Gasteiger partial charge in [0.1, 0.15) is 0 Å². The highest BCUT2D eigenvalue weighted by Gasteiger charge is 2.32. The second-order valence-corrected chi connectivity index (χ2v) is 7.73. The molecule has 9 heteroatoms. The molecule has 2 aliphatic heterocycles. The first-order valence-electron chi connectivity index (χ1n) is 9.79. The number of alkyl halides is 3. The second-order valence-electron chi connectivity index (χ2n) is 7.73. The van der Waals surface area contributed by atoms with E-state index in [-0.39, 0.29) is 30.7 Å². The minimum absolute atomic E-state index is 0. The zero-order valence-corrected chi connectivity index (χ0v) is 17.9. The van der Waals surface area contributed by atoms with Crippen LogP contribution in [-0.4, -0.2) is 38.1 Å². The van der Waals surface area contributed by atoms with Gasteiger partial charge in [0.15, 0.2) is 0 Å². The number of fused-ring (bicyclic) bond motifs is 2. The van der Waals surface area contributed by atoms with Crippen molar-refractivity contribution in [3.63, 3.8) is 0 Å². The minimum atomic E-state index is -4.33. The summed E-state index contributed by atoms with van der Waals surface area (Å²) in [5, 5.41) is 9.91. The summed E-state index contributed by atoms with van der Waals surface area (Å²) in [7, 11) is 0. The van der Waals surface area contributed by atoms with E-state index in [9.17, 15) is 18.0 Å². The number of amides is 1. The molecule has 1 amide bonds.